The summed E-state index contributed by atoms with van der Waals surface area (Å²) in [4.78, 5) is 10.2. The Morgan fingerprint density at radius 1 is 1.23 bits per heavy atom. The molecule has 1 unspecified atom stereocenters. The minimum atomic E-state index is 0.170. The van der Waals surface area contributed by atoms with Crippen LogP contribution in [-0.2, 0) is 16.4 Å². The molecule has 13 heavy (non-hydrogen) atoms. The maximum absolute atomic E-state index is 5.10. The molecule has 2 nitrogen and oxygen atoms in total. The van der Waals surface area contributed by atoms with Crippen molar-refractivity contribution in [1.29, 1.82) is 0 Å². The molecule has 0 fully saturated rings. The van der Waals surface area contributed by atoms with Crippen molar-refractivity contribution in [1.82, 2.24) is 0 Å². The molecule has 1 aromatic carbocycles. The summed E-state index contributed by atoms with van der Waals surface area (Å²) in [6.45, 7) is 4.58. The van der Waals surface area contributed by atoms with Gasteiger partial charge in [0, 0.05) is 0 Å². The molecule has 0 N–H and O–H groups in total. The van der Waals surface area contributed by atoms with Gasteiger partial charge in [-0.1, -0.05) is 37.3 Å². The first-order valence-electron chi connectivity index (χ1n) is 4.65. The molecule has 0 aliphatic heterocycles. The Bertz CT molecular complexity index is 221. The van der Waals surface area contributed by atoms with Crippen LogP contribution in [0.3, 0.4) is 0 Å². The zero-order chi connectivity index (χ0) is 9.52. The van der Waals surface area contributed by atoms with Gasteiger partial charge in [0.2, 0.25) is 0 Å². The van der Waals surface area contributed by atoms with E-state index >= 15 is 0 Å². The molecule has 0 amide bonds. The van der Waals surface area contributed by atoms with Crippen LogP contribution >= 0.6 is 0 Å². The van der Waals surface area contributed by atoms with E-state index in [1.807, 2.05) is 37.3 Å². The SMILES string of the molecule is CCC(C)OOCc1ccccc1. The van der Waals surface area contributed by atoms with Gasteiger partial charge in [-0.3, -0.25) is 0 Å². The highest BCUT2D eigenvalue weighted by Gasteiger charge is 1.98. The molecule has 0 aromatic heterocycles. The van der Waals surface area contributed by atoms with E-state index in [1.54, 1.807) is 0 Å². The summed E-state index contributed by atoms with van der Waals surface area (Å²) < 4.78 is 0. The lowest BCUT2D eigenvalue weighted by Crippen LogP contribution is -2.06. The summed E-state index contributed by atoms with van der Waals surface area (Å²) >= 11 is 0. The standard InChI is InChI=1S/C11H16O2/c1-3-10(2)13-12-9-11-7-5-4-6-8-11/h4-8,10H,3,9H2,1-2H3. The highest BCUT2D eigenvalue weighted by Crippen LogP contribution is 2.03. The fraction of sp³-hybridized carbons (Fsp3) is 0.455. The molecule has 72 valence electrons. The van der Waals surface area contributed by atoms with Crippen LogP contribution in [0.4, 0.5) is 0 Å². The van der Waals surface area contributed by atoms with Crippen LogP contribution in [-0.4, -0.2) is 6.10 Å². The Morgan fingerprint density at radius 3 is 2.54 bits per heavy atom. The summed E-state index contributed by atoms with van der Waals surface area (Å²) in [6, 6.07) is 9.99. The molecule has 0 radical (unpaired) electrons. The van der Waals surface area contributed by atoms with Crippen LogP contribution in [0.1, 0.15) is 25.8 Å². The van der Waals surface area contributed by atoms with Gasteiger partial charge in [-0.2, -0.15) is 0 Å². The third kappa shape index (κ3) is 4.06. The topological polar surface area (TPSA) is 18.5 Å². The van der Waals surface area contributed by atoms with Crippen LogP contribution in [0.5, 0.6) is 0 Å². The first-order chi connectivity index (χ1) is 6.33. The van der Waals surface area contributed by atoms with E-state index in [4.69, 9.17) is 9.78 Å². The molecule has 1 atom stereocenters. The average molecular weight is 180 g/mol. The summed E-state index contributed by atoms with van der Waals surface area (Å²) in [5, 5.41) is 0. The summed E-state index contributed by atoms with van der Waals surface area (Å²) in [6.07, 6.45) is 1.14. The Balaban J connectivity index is 2.20. The Kier molecular flexibility index (Phi) is 4.50. The van der Waals surface area contributed by atoms with Crippen molar-refractivity contribution in [2.45, 2.75) is 33.0 Å². The molecule has 0 saturated carbocycles. The van der Waals surface area contributed by atoms with Gasteiger partial charge in [-0.25, -0.2) is 9.78 Å². The van der Waals surface area contributed by atoms with Crippen molar-refractivity contribution in [2.24, 2.45) is 0 Å². The van der Waals surface area contributed by atoms with Crippen molar-refractivity contribution in [3.8, 4) is 0 Å². The van der Waals surface area contributed by atoms with Crippen molar-refractivity contribution >= 4 is 0 Å². The minimum absolute atomic E-state index is 0.170. The van der Waals surface area contributed by atoms with Crippen LogP contribution in [0.2, 0.25) is 0 Å². The molecular formula is C11H16O2. The summed E-state index contributed by atoms with van der Waals surface area (Å²) in [5.74, 6) is 0. The maximum atomic E-state index is 5.10. The molecule has 0 spiro atoms. The van der Waals surface area contributed by atoms with Gasteiger partial charge in [0.15, 0.2) is 0 Å². The van der Waals surface area contributed by atoms with E-state index in [1.165, 1.54) is 0 Å². The second kappa shape index (κ2) is 5.73. The molecule has 0 aliphatic carbocycles. The van der Waals surface area contributed by atoms with E-state index in [-0.39, 0.29) is 6.10 Å². The Labute approximate surface area is 79.4 Å². The molecule has 1 aromatic rings. The fourth-order valence-electron chi connectivity index (χ4n) is 0.860. The lowest BCUT2D eigenvalue weighted by molar-refractivity contribution is -0.329. The third-order valence-electron chi connectivity index (χ3n) is 1.88. The lowest BCUT2D eigenvalue weighted by atomic mass is 10.2. The number of rotatable bonds is 5. The predicted octanol–water partition coefficient (Wildman–Crippen LogP) is 2.93. The van der Waals surface area contributed by atoms with Crippen LogP contribution in [0, 0.1) is 0 Å². The molecule has 0 heterocycles. The fourth-order valence-corrected chi connectivity index (χ4v) is 0.860. The van der Waals surface area contributed by atoms with Crippen LogP contribution < -0.4 is 0 Å². The highest BCUT2D eigenvalue weighted by molar-refractivity contribution is 5.13. The predicted molar refractivity (Wildman–Crippen MR) is 52.1 cm³/mol. The molecular weight excluding hydrogens is 164 g/mol. The quantitative estimate of drug-likeness (QED) is 0.512. The van der Waals surface area contributed by atoms with Crippen molar-refractivity contribution in [2.75, 3.05) is 0 Å². The second-order valence-corrected chi connectivity index (χ2v) is 3.06. The third-order valence-corrected chi connectivity index (χ3v) is 1.88. The van der Waals surface area contributed by atoms with E-state index in [9.17, 15) is 0 Å². The first kappa shape index (κ1) is 10.2. The molecule has 0 aliphatic rings. The zero-order valence-corrected chi connectivity index (χ0v) is 8.19. The van der Waals surface area contributed by atoms with E-state index in [0.717, 1.165) is 12.0 Å². The second-order valence-electron chi connectivity index (χ2n) is 3.06. The first-order valence-corrected chi connectivity index (χ1v) is 4.65. The lowest BCUT2D eigenvalue weighted by Gasteiger charge is -2.08. The van der Waals surface area contributed by atoms with Gasteiger partial charge in [-0.15, -0.1) is 0 Å². The number of benzene rings is 1. The van der Waals surface area contributed by atoms with Crippen molar-refractivity contribution in [3.05, 3.63) is 35.9 Å². The molecule has 2 heteroatoms. The monoisotopic (exact) mass is 180 g/mol. The maximum Gasteiger partial charge on any atom is 0.107 e. The largest absolute Gasteiger partial charge is 0.233 e. The molecule has 0 saturated heterocycles. The van der Waals surface area contributed by atoms with Gasteiger partial charge in [0.1, 0.15) is 6.61 Å². The highest BCUT2D eigenvalue weighted by atomic mass is 17.2. The smallest absolute Gasteiger partial charge is 0.107 e. The van der Waals surface area contributed by atoms with Crippen LogP contribution in [0.25, 0.3) is 0 Å². The van der Waals surface area contributed by atoms with E-state index in [0.29, 0.717) is 6.61 Å². The molecule has 1 rings (SSSR count). The van der Waals surface area contributed by atoms with Gasteiger partial charge in [0.25, 0.3) is 0 Å². The number of hydrogen-bond donors (Lipinski definition) is 0. The van der Waals surface area contributed by atoms with Gasteiger partial charge < -0.3 is 0 Å². The normalized spacial score (nSPS) is 12.8. The summed E-state index contributed by atoms with van der Waals surface area (Å²) in [5.41, 5.74) is 1.13. The van der Waals surface area contributed by atoms with Gasteiger partial charge in [0.05, 0.1) is 6.10 Å². The zero-order valence-electron chi connectivity index (χ0n) is 8.19. The van der Waals surface area contributed by atoms with Crippen molar-refractivity contribution in [3.63, 3.8) is 0 Å². The Morgan fingerprint density at radius 2 is 1.92 bits per heavy atom. The van der Waals surface area contributed by atoms with Crippen LogP contribution in [0.15, 0.2) is 30.3 Å². The molecule has 0 bridgehead atoms. The van der Waals surface area contributed by atoms with Gasteiger partial charge in [-0.05, 0) is 18.9 Å². The summed E-state index contributed by atoms with van der Waals surface area (Å²) in [7, 11) is 0. The number of hydrogen-bond acceptors (Lipinski definition) is 2. The van der Waals surface area contributed by atoms with Crippen molar-refractivity contribution < 1.29 is 9.78 Å². The van der Waals surface area contributed by atoms with E-state index in [2.05, 4.69) is 6.92 Å². The Hall–Kier alpha value is -0.860. The van der Waals surface area contributed by atoms with Gasteiger partial charge >= 0.3 is 0 Å². The average Bonchev–Trinajstić information content (AvgIpc) is 2.19. The van der Waals surface area contributed by atoms with E-state index < -0.39 is 0 Å². The minimum Gasteiger partial charge on any atom is -0.233 e.